The van der Waals surface area contributed by atoms with Crippen molar-refractivity contribution in [3.8, 4) is 5.88 Å². The topological polar surface area (TPSA) is 51.2 Å². The summed E-state index contributed by atoms with van der Waals surface area (Å²) in [6.45, 7) is 2.64. The molecule has 1 saturated carbocycles. The van der Waals surface area contributed by atoms with Crippen molar-refractivity contribution in [2.24, 2.45) is 5.92 Å². The molecule has 1 N–H and O–H groups in total. The molecular formula is C19H19F3N2O2. The Balaban J connectivity index is 1.56. The van der Waals surface area contributed by atoms with Crippen molar-refractivity contribution < 1.29 is 22.7 Å². The molecule has 1 aromatic carbocycles. The van der Waals surface area contributed by atoms with Gasteiger partial charge in [0.25, 0.3) is 0 Å². The smallest absolute Gasteiger partial charge is 0.416 e. The van der Waals surface area contributed by atoms with Crippen LogP contribution >= 0.6 is 0 Å². The fourth-order valence-electron chi connectivity index (χ4n) is 2.91. The van der Waals surface area contributed by atoms with Crippen molar-refractivity contribution in [1.82, 2.24) is 10.3 Å². The van der Waals surface area contributed by atoms with Gasteiger partial charge in [-0.2, -0.15) is 13.2 Å². The Labute approximate surface area is 149 Å². The molecule has 0 spiro atoms. The molecule has 3 rings (SSSR count). The number of amides is 1. The number of rotatable bonds is 6. The molecule has 0 radical (unpaired) electrons. The third-order valence-electron chi connectivity index (χ3n) is 4.38. The highest BCUT2D eigenvalue weighted by atomic mass is 19.4. The molecule has 138 valence electrons. The normalized spacial score (nSPS) is 19.1. The summed E-state index contributed by atoms with van der Waals surface area (Å²) in [6, 6.07) is 8.63. The monoisotopic (exact) mass is 364 g/mol. The predicted octanol–water partition coefficient (Wildman–Crippen LogP) is 3.92. The van der Waals surface area contributed by atoms with Crippen LogP contribution in [0.25, 0.3) is 0 Å². The van der Waals surface area contributed by atoms with Crippen LogP contribution in [0.4, 0.5) is 13.2 Å². The average molecular weight is 364 g/mol. The third kappa shape index (κ3) is 4.15. The van der Waals surface area contributed by atoms with Crippen LogP contribution in [0.1, 0.15) is 36.0 Å². The quantitative estimate of drug-likeness (QED) is 0.845. The van der Waals surface area contributed by atoms with Gasteiger partial charge in [-0.3, -0.25) is 4.79 Å². The molecule has 1 fully saturated rings. The van der Waals surface area contributed by atoms with E-state index in [4.69, 9.17) is 4.74 Å². The van der Waals surface area contributed by atoms with Gasteiger partial charge in [0.2, 0.25) is 11.8 Å². The van der Waals surface area contributed by atoms with Crippen LogP contribution in [0.15, 0.2) is 42.6 Å². The zero-order valence-corrected chi connectivity index (χ0v) is 14.2. The molecule has 2 unspecified atom stereocenters. The highest BCUT2D eigenvalue weighted by Crippen LogP contribution is 2.48. The second kappa shape index (κ2) is 7.35. The second-order valence-electron chi connectivity index (χ2n) is 6.19. The van der Waals surface area contributed by atoms with Gasteiger partial charge in [-0.1, -0.05) is 18.2 Å². The maximum absolute atomic E-state index is 12.6. The minimum Gasteiger partial charge on any atom is -0.478 e. The van der Waals surface area contributed by atoms with Gasteiger partial charge < -0.3 is 10.1 Å². The minimum absolute atomic E-state index is 0.0301. The first kappa shape index (κ1) is 18.2. The number of carbonyl (C=O) groups excluding carboxylic acids is 1. The Morgan fingerprint density at radius 2 is 2.00 bits per heavy atom. The second-order valence-corrected chi connectivity index (χ2v) is 6.19. The molecule has 1 aliphatic carbocycles. The van der Waals surface area contributed by atoms with Crippen LogP contribution in [0.2, 0.25) is 0 Å². The van der Waals surface area contributed by atoms with Crippen molar-refractivity contribution in [3.05, 3.63) is 59.3 Å². The van der Waals surface area contributed by atoms with Gasteiger partial charge >= 0.3 is 6.18 Å². The van der Waals surface area contributed by atoms with E-state index in [1.165, 1.54) is 12.1 Å². The molecule has 26 heavy (non-hydrogen) atoms. The number of ether oxygens (including phenoxy) is 1. The predicted molar refractivity (Wildman–Crippen MR) is 89.5 cm³/mol. The van der Waals surface area contributed by atoms with Crippen LogP contribution in [-0.2, 0) is 17.5 Å². The summed E-state index contributed by atoms with van der Waals surface area (Å²) < 4.78 is 43.3. The van der Waals surface area contributed by atoms with E-state index in [9.17, 15) is 18.0 Å². The Hall–Kier alpha value is -2.57. The van der Waals surface area contributed by atoms with E-state index >= 15 is 0 Å². The van der Waals surface area contributed by atoms with Crippen LogP contribution < -0.4 is 10.1 Å². The van der Waals surface area contributed by atoms with Crippen LogP contribution in [-0.4, -0.2) is 17.5 Å². The molecule has 0 saturated heterocycles. The standard InChI is InChI=1S/C19H19F3N2O2/c1-2-26-18-13(4-3-9-23-18)11-24-17(25)16-10-15(16)12-5-7-14(8-6-12)19(20,21)22/h3-9,15-16H,2,10-11H2,1H3,(H,24,25). The Morgan fingerprint density at radius 1 is 1.27 bits per heavy atom. The molecule has 7 heteroatoms. The van der Waals surface area contributed by atoms with Gasteiger partial charge in [-0.15, -0.1) is 0 Å². The fraction of sp³-hybridized carbons (Fsp3) is 0.368. The highest BCUT2D eigenvalue weighted by Gasteiger charge is 2.44. The molecule has 1 heterocycles. The number of hydrogen-bond donors (Lipinski definition) is 1. The Kier molecular flexibility index (Phi) is 5.15. The number of pyridine rings is 1. The van der Waals surface area contributed by atoms with Crippen LogP contribution in [0, 0.1) is 5.92 Å². The zero-order chi connectivity index (χ0) is 18.7. The Bertz CT molecular complexity index is 775. The van der Waals surface area contributed by atoms with Crippen molar-refractivity contribution in [2.45, 2.75) is 32.0 Å². The number of benzene rings is 1. The van der Waals surface area contributed by atoms with E-state index in [1.54, 1.807) is 12.3 Å². The van der Waals surface area contributed by atoms with Gasteiger partial charge in [-0.05, 0) is 43.0 Å². The molecular weight excluding hydrogens is 345 g/mol. The van der Waals surface area contributed by atoms with E-state index in [0.717, 1.165) is 23.3 Å². The molecule has 1 amide bonds. The number of halogens is 3. The zero-order valence-electron chi connectivity index (χ0n) is 14.2. The summed E-state index contributed by atoms with van der Waals surface area (Å²) in [5.74, 6) is 0.142. The number of nitrogens with zero attached hydrogens (tertiary/aromatic N) is 1. The van der Waals surface area contributed by atoms with Crippen LogP contribution in [0.3, 0.4) is 0 Å². The lowest BCUT2D eigenvalue weighted by Crippen LogP contribution is -2.25. The first-order valence-corrected chi connectivity index (χ1v) is 8.41. The summed E-state index contributed by atoms with van der Waals surface area (Å²) in [5, 5.41) is 2.86. The largest absolute Gasteiger partial charge is 0.478 e. The van der Waals surface area contributed by atoms with E-state index in [1.807, 2.05) is 13.0 Å². The lowest BCUT2D eigenvalue weighted by atomic mass is 10.1. The molecule has 1 aliphatic rings. The van der Waals surface area contributed by atoms with Crippen LogP contribution in [0.5, 0.6) is 5.88 Å². The van der Waals surface area contributed by atoms with Crippen molar-refractivity contribution in [3.63, 3.8) is 0 Å². The average Bonchev–Trinajstić information content (AvgIpc) is 3.41. The molecule has 1 aromatic heterocycles. The number of aromatic nitrogens is 1. The first-order chi connectivity index (χ1) is 12.4. The number of alkyl halides is 3. The lowest BCUT2D eigenvalue weighted by Gasteiger charge is -2.10. The molecule has 0 bridgehead atoms. The summed E-state index contributed by atoms with van der Waals surface area (Å²) in [6.07, 6.45) is -2.08. The van der Waals surface area contributed by atoms with Gasteiger partial charge in [0.1, 0.15) is 0 Å². The highest BCUT2D eigenvalue weighted by molar-refractivity contribution is 5.82. The minimum atomic E-state index is -4.35. The molecule has 2 aromatic rings. The van der Waals surface area contributed by atoms with Gasteiger partial charge in [0.05, 0.1) is 12.2 Å². The van der Waals surface area contributed by atoms with Crippen molar-refractivity contribution >= 4 is 5.91 Å². The van der Waals surface area contributed by atoms with Crippen molar-refractivity contribution in [1.29, 1.82) is 0 Å². The number of hydrogen-bond acceptors (Lipinski definition) is 3. The van der Waals surface area contributed by atoms with Crippen molar-refractivity contribution in [2.75, 3.05) is 6.61 Å². The molecule has 2 atom stereocenters. The third-order valence-corrected chi connectivity index (χ3v) is 4.38. The maximum Gasteiger partial charge on any atom is 0.416 e. The number of carbonyl (C=O) groups is 1. The fourth-order valence-corrected chi connectivity index (χ4v) is 2.91. The number of nitrogens with one attached hydrogen (secondary N) is 1. The molecule has 0 aliphatic heterocycles. The first-order valence-electron chi connectivity index (χ1n) is 8.41. The summed E-state index contributed by atoms with van der Waals surface area (Å²) in [7, 11) is 0. The van der Waals surface area contributed by atoms with Gasteiger partial charge in [0.15, 0.2) is 0 Å². The van der Waals surface area contributed by atoms with E-state index in [0.29, 0.717) is 25.5 Å². The van der Waals surface area contributed by atoms with E-state index < -0.39 is 11.7 Å². The lowest BCUT2D eigenvalue weighted by molar-refractivity contribution is -0.137. The van der Waals surface area contributed by atoms with Gasteiger partial charge in [0, 0.05) is 24.2 Å². The summed E-state index contributed by atoms with van der Waals surface area (Å²) in [4.78, 5) is 16.4. The van der Waals surface area contributed by atoms with E-state index in [2.05, 4.69) is 10.3 Å². The maximum atomic E-state index is 12.6. The summed E-state index contributed by atoms with van der Waals surface area (Å²) in [5.41, 5.74) is 0.867. The Morgan fingerprint density at radius 3 is 2.65 bits per heavy atom. The SMILES string of the molecule is CCOc1ncccc1CNC(=O)C1CC1c1ccc(C(F)(F)F)cc1. The van der Waals surface area contributed by atoms with Gasteiger partial charge in [-0.25, -0.2) is 4.98 Å². The van der Waals surface area contributed by atoms with E-state index in [-0.39, 0.29) is 17.7 Å². The summed E-state index contributed by atoms with van der Waals surface area (Å²) >= 11 is 0. The molecule has 4 nitrogen and oxygen atoms in total.